The fourth-order valence-electron chi connectivity index (χ4n) is 3.47. The Labute approximate surface area is 108 Å². The fourth-order valence-corrected chi connectivity index (χ4v) is 3.47. The van der Waals surface area contributed by atoms with Crippen molar-refractivity contribution in [2.75, 3.05) is 6.54 Å². The van der Waals surface area contributed by atoms with Crippen LogP contribution in [-0.4, -0.2) is 12.6 Å². The number of nitrogens with one attached hydrogen (secondary N) is 1. The van der Waals surface area contributed by atoms with Gasteiger partial charge in [-0.1, -0.05) is 24.6 Å². The number of ether oxygens (including phenoxy) is 1. The summed E-state index contributed by atoms with van der Waals surface area (Å²) < 4.78 is 5.20. The van der Waals surface area contributed by atoms with Gasteiger partial charge in [-0.05, 0) is 49.1 Å². The summed E-state index contributed by atoms with van der Waals surface area (Å²) in [5.74, 6) is 3.04. The van der Waals surface area contributed by atoms with Gasteiger partial charge in [-0.25, -0.2) is 4.79 Å². The van der Waals surface area contributed by atoms with Gasteiger partial charge in [-0.3, -0.25) is 0 Å². The van der Waals surface area contributed by atoms with E-state index in [2.05, 4.69) is 5.32 Å². The van der Waals surface area contributed by atoms with Crippen molar-refractivity contribution in [3.8, 4) is 5.75 Å². The van der Waals surface area contributed by atoms with Crippen LogP contribution in [0.4, 0.5) is 4.79 Å². The summed E-state index contributed by atoms with van der Waals surface area (Å²) in [5, 5.41) is 2.90. The van der Waals surface area contributed by atoms with E-state index in [1.54, 1.807) is 12.1 Å². The van der Waals surface area contributed by atoms with E-state index in [9.17, 15) is 4.79 Å². The van der Waals surface area contributed by atoms with E-state index >= 15 is 0 Å². The predicted molar refractivity (Wildman–Crippen MR) is 69.4 cm³/mol. The van der Waals surface area contributed by atoms with Crippen LogP contribution < -0.4 is 10.1 Å². The Balaban J connectivity index is 1.45. The van der Waals surface area contributed by atoms with Crippen LogP contribution in [0.1, 0.15) is 25.7 Å². The first-order chi connectivity index (χ1) is 8.81. The monoisotopic (exact) mass is 245 g/mol. The van der Waals surface area contributed by atoms with E-state index < -0.39 is 0 Å². The third-order valence-corrected chi connectivity index (χ3v) is 4.35. The molecule has 0 saturated heterocycles. The van der Waals surface area contributed by atoms with Crippen LogP contribution in [0.2, 0.25) is 0 Å². The molecule has 2 bridgehead atoms. The van der Waals surface area contributed by atoms with E-state index in [0.717, 1.165) is 18.4 Å². The van der Waals surface area contributed by atoms with Gasteiger partial charge >= 0.3 is 6.09 Å². The Hall–Kier alpha value is -1.51. The summed E-state index contributed by atoms with van der Waals surface area (Å²) in [6, 6.07) is 9.20. The average molecular weight is 245 g/mol. The highest BCUT2D eigenvalue weighted by Gasteiger charge is 2.39. The number of fused-ring (bicyclic) bond motifs is 2. The lowest BCUT2D eigenvalue weighted by molar-refractivity contribution is 0.195. The van der Waals surface area contributed by atoms with Gasteiger partial charge in [0.25, 0.3) is 0 Å². The van der Waals surface area contributed by atoms with Crippen molar-refractivity contribution in [1.29, 1.82) is 0 Å². The Morgan fingerprint density at radius 1 is 1.22 bits per heavy atom. The number of hydrogen-bond donors (Lipinski definition) is 1. The Morgan fingerprint density at radius 3 is 2.72 bits per heavy atom. The number of hydrogen-bond acceptors (Lipinski definition) is 2. The highest BCUT2D eigenvalue weighted by Crippen LogP contribution is 2.47. The summed E-state index contributed by atoms with van der Waals surface area (Å²) >= 11 is 0. The molecule has 2 fully saturated rings. The van der Waals surface area contributed by atoms with Gasteiger partial charge < -0.3 is 10.1 Å². The Kier molecular flexibility index (Phi) is 3.22. The zero-order valence-electron chi connectivity index (χ0n) is 10.5. The van der Waals surface area contributed by atoms with Crippen molar-refractivity contribution in [1.82, 2.24) is 5.32 Å². The van der Waals surface area contributed by atoms with Gasteiger partial charge in [0.2, 0.25) is 0 Å². The second-order valence-electron chi connectivity index (χ2n) is 5.52. The number of amides is 1. The molecule has 3 nitrogen and oxygen atoms in total. The summed E-state index contributed by atoms with van der Waals surface area (Å²) in [7, 11) is 0. The molecule has 2 aliphatic rings. The van der Waals surface area contributed by atoms with Crippen LogP contribution in [0.15, 0.2) is 30.3 Å². The summed E-state index contributed by atoms with van der Waals surface area (Å²) in [5.41, 5.74) is 0. The standard InChI is InChI=1S/C15H19NO2/c17-15(18-14-4-2-1-3-5-14)16-10-13-9-11-6-7-12(13)8-11/h1-5,11-13H,6-10H2,(H,16,17). The maximum absolute atomic E-state index is 11.6. The average Bonchev–Trinajstić information content (AvgIpc) is 3.00. The normalized spacial score (nSPS) is 29.2. The second-order valence-corrected chi connectivity index (χ2v) is 5.52. The Bertz CT molecular complexity index is 418. The number of para-hydroxylation sites is 1. The molecule has 0 spiro atoms. The molecule has 3 rings (SSSR count). The molecule has 2 aliphatic carbocycles. The van der Waals surface area contributed by atoms with Crippen LogP contribution in [0.5, 0.6) is 5.75 Å². The molecular formula is C15H19NO2. The second kappa shape index (κ2) is 5.01. The SMILES string of the molecule is O=C(NCC1CC2CCC1C2)Oc1ccccc1. The lowest BCUT2D eigenvalue weighted by Gasteiger charge is -2.21. The van der Waals surface area contributed by atoms with Gasteiger partial charge in [0, 0.05) is 6.54 Å². The molecule has 0 aromatic heterocycles. The van der Waals surface area contributed by atoms with E-state index in [0.29, 0.717) is 11.7 Å². The van der Waals surface area contributed by atoms with E-state index in [-0.39, 0.29) is 6.09 Å². The zero-order valence-corrected chi connectivity index (χ0v) is 10.5. The van der Waals surface area contributed by atoms with Crippen LogP contribution >= 0.6 is 0 Å². The topological polar surface area (TPSA) is 38.3 Å². The first kappa shape index (κ1) is 11.6. The molecule has 1 N–H and O–H groups in total. The Morgan fingerprint density at radius 2 is 2.06 bits per heavy atom. The summed E-state index contributed by atoms with van der Waals surface area (Å²) in [4.78, 5) is 11.6. The molecule has 3 heteroatoms. The summed E-state index contributed by atoms with van der Waals surface area (Å²) in [6.45, 7) is 0.771. The highest BCUT2D eigenvalue weighted by atomic mass is 16.5. The maximum atomic E-state index is 11.6. The first-order valence-corrected chi connectivity index (χ1v) is 6.82. The third-order valence-electron chi connectivity index (χ3n) is 4.35. The third kappa shape index (κ3) is 2.50. The van der Waals surface area contributed by atoms with Crippen LogP contribution in [-0.2, 0) is 0 Å². The number of carbonyl (C=O) groups excluding carboxylic acids is 1. The van der Waals surface area contributed by atoms with Crippen molar-refractivity contribution in [3.63, 3.8) is 0 Å². The molecular weight excluding hydrogens is 226 g/mol. The lowest BCUT2D eigenvalue weighted by Crippen LogP contribution is -2.33. The van der Waals surface area contributed by atoms with Gasteiger partial charge in [-0.2, -0.15) is 0 Å². The van der Waals surface area contributed by atoms with Crippen molar-refractivity contribution in [3.05, 3.63) is 30.3 Å². The van der Waals surface area contributed by atoms with Gasteiger partial charge in [0.15, 0.2) is 0 Å². The van der Waals surface area contributed by atoms with Crippen LogP contribution in [0.25, 0.3) is 0 Å². The lowest BCUT2D eigenvalue weighted by atomic mass is 9.89. The van der Waals surface area contributed by atoms with Crippen molar-refractivity contribution in [2.45, 2.75) is 25.7 Å². The summed E-state index contributed by atoms with van der Waals surface area (Å²) in [6.07, 6.45) is 5.08. The fraction of sp³-hybridized carbons (Fsp3) is 0.533. The maximum Gasteiger partial charge on any atom is 0.412 e. The van der Waals surface area contributed by atoms with Crippen LogP contribution in [0, 0.1) is 17.8 Å². The largest absolute Gasteiger partial charge is 0.412 e. The van der Waals surface area contributed by atoms with Gasteiger partial charge in [0.05, 0.1) is 0 Å². The molecule has 1 amide bonds. The molecule has 1 aromatic carbocycles. The first-order valence-electron chi connectivity index (χ1n) is 6.82. The zero-order chi connectivity index (χ0) is 12.4. The van der Waals surface area contributed by atoms with E-state index in [1.807, 2.05) is 18.2 Å². The molecule has 3 atom stereocenters. The van der Waals surface area contributed by atoms with E-state index in [1.165, 1.54) is 25.7 Å². The minimum absolute atomic E-state index is 0.330. The van der Waals surface area contributed by atoms with Crippen molar-refractivity contribution in [2.24, 2.45) is 17.8 Å². The predicted octanol–water partition coefficient (Wildman–Crippen LogP) is 3.21. The van der Waals surface area contributed by atoms with Gasteiger partial charge in [0.1, 0.15) is 5.75 Å². The molecule has 1 aromatic rings. The molecule has 0 heterocycles. The van der Waals surface area contributed by atoms with Gasteiger partial charge in [-0.15, -0.1) is 0 Å². The molecule has 0 radical (unpaired) electrons. The number of rotatable bonds is 3. The molecule has 2 saturated carbocycles. The highest BCUT2D eigenvalue weighted by molar-refractivity contribution is 5.70. The number of carbonyl (C=O) groups is 1. The minimum atomic E-state index is -0.330. The molecule has 3 unspecified atom stereocenters. The number of benzene rings is 1. The smallest absolute Gasteiger partial charge is 0.410 e. The van der Waals surface area contributed by atoms with Crippen molar-refractivity contribution >= 4 is 6.09 Å². The van der Waals surface area contributed by atoms with Crippen LogP contribution in [0.3, 0.4) is 0 Å². The van der Waals surface area contributed by atoms with Crippen molar-refractivity contribution < 1.29 is 9.53 Å². The molecule has 0 aliphatic heterocycles. The molecule has 18 heavy (non-hydrogen) atoms. The quantitative estimate of drug-likeness (QED) is 0.888. The molecule has 96 valence electrons. The minimum Gasteiger partial charge on any atom is -0.410 e. The van der Waals surface area contributed by atoms with E-state index in [4.69, 9.17) is 4.74 Å².